The van der Waals surface area contributed by atoms with E-state index in [4.69, 9.17) is 10.5 Å². The van der Waals surface area contributed by atoms with Crippen molar-refractivity contribution in [2.45, 2.75) is 12.8 Å². The quantitative estimate of drug-likeness (QED) is 0.749. The number of benzene rings is 1. The number of nitrogen functional groups attached to an aromatic ring is 1. The Morgan fingerprint density at radius 3 is 2.67 bits per heavy atom. The summed E-state index contributed by atoms with van der Waals surface area (Å²) in [4.78, 5) is 11.6. The van der Waals surface area contributed by atoms with E-state index in [1.807, 2.05) is 0 Å². The van der Waals surface area contributed by atoms with Crippen LogP contribution in [0.1, 0.15) is 12.8 Å². The predicted octanol–water partition coefficient (Wildman–Crippen LogP) is 0.589. The normalized spacial score (nSPS) is 20.1. The van der Waals surface area contributed by atoms with Crippen LogP contribution in [-0.2, 0) is 14.6 Å². The first-order valence-electron chi connectivity index (χ1n) is 6.90. The summed E-state index contributed by atoms with van der Waals surface area (Å²) >= 11 is 0. The smallest absolute Gasteiger partial charge is 0.223 e. The average molecular weight is 312 g/mol. The van der Waals surface area contributed by atoms with Crippen molar-refractivity contribution in [3.63, 3.8) is 0 Å². The molecule has 0 radical (unpaired) electrons. The molecule has 0 aromatic heterocycles. The number of carbonyl (C=O) groups is 1. The van der Waals surface area contributed by atoms with Crippen LogP contribution < -0.4 is 15.8 Å². The van der Waals surface area contributed by atoms with E-state index in [2.05, 4.69) is 5.32 Å². The third kappa shape index (κ3) is 5.26. The lowest BCUT2D eigenvalue weighted by Crippen LogP contribution is -2.30. The number of carbonyl (C=O) groups excluding carboxylic acids is 1. The van der Waals surface area contributed by atoms with Gasteiger partial charge in [-0.15, -0.1) is 0 Å². The summed E-state index contributed by atoms with van der Waals surface area (Å²) in [5.74, 6) is 0.980. The third-order valence-corrected chi connectivity index (χ3v) is 5.23. The number of nitrogens with two attached hydrogens (primary N) is 1. The molecule has 1 unspecified atom stereocenters. The van der Waals surface area contributed by atoms with Gasteiger partial charge in [0.1, 0.15) is 5.75 Å². The Bertz CT molecular complexity index is 583. The summed E-state index contributed by atoms with van der Waals surface area (Å²) in [6.07, 6.45) is 0.869. The highest BCUT2D eigenvalue weighted by Gasteiger charge is 2.27. The molecule has 1 heterocycles. The molecule has 0 bridgehead atoms. The van der Waals surface area contributed by atoms with Gasteiger partial charge in [0.2, 0.25) is 5.91 Å². The van der Waals surface area contributed by atoms with E-state index in [0.717, 1.165) is 0 Å². The fourth-order valence-corrected chi connectivity index (χ4v) is 4.07. The van der Waals surface area contributed by atoms with Gasteiger partial charge in [-0.1, -0.05) is 0 Å². The lowest BCUT2D eigenvalue weighted by molar-refractivity contribution is -0.121. The average Bonchev–Trinajstić information content (AvgIpc) is 2.78. The second-order valence-corrected chi connectivity index (χ2v) is 7.47. The second kappa shape index (κ2) is 6.80. The molecule has 2 rings (SSSR count). The number of sulfone groups is 1. The van der Waals surface area contributed by atoms with Gasteiger partial charge >= 0.3 is 0 Å². The third-order valence-electron chi connectivity index (χ3n) is 3.39. The van der Waals surface area contributed by atoms with Crippen molar-refractivity contribution in [2.75, 3.05) is 30.4 Å². The minimum atomic E-state index is -2.89. The molecule has 1 aromatic carbocycles. The SMILES string of the molecule is Nc1ccc(OCCC(=O)NCC2CCS(=O)(=O)C2)cc1. The Labute approximate surface area is 124 Å². The summed E-state index contributed by atoms with van der Waals surface area (Å²) in [5, 5.41) is 2.75. The van der Waals surface area contributed by atoms with Crippen molar-refractivity contribution in [1.82, 2.24) is 5.32 Å². The molecule has 0 spiro atoms. The molecule has 1 atom stereocenters. The van der Waals surface area contributed by atoms with Crippen LogP contribution in [-0.4, -0.2) is 39.0 Å². The highest BCUT2D eigenvalue weighted by Crippen LogP contribution is 2.17. The molecular weight excluding hydrogens is 292 g/mol. The van der Waals surface area contributed by atoms with Crippen molar-refractivity contribution in [3.8, 4) is 5.75 Å². The summed E-state index contributed by atoms with van der Waals surface area (Å²) in [6, 6.07) is 6.96. The van der Waals surface area contributed by atoms with Crippen molar-refractivity contribution in [3.05, 3.63) is 24.3 Å². The van der Waals surface area contributed by atoms with Gasteiger partial charge in [-0.05, 0) is 36.6 Å². The Morgan fingerprint density at radius 1 is 1.33 bits per heavy atom. The Kier molecular flexibility index (Phi) is 5.06. The first-order chi connectivity index (χ1) is 9.94. The number of ether oxygens (including phenoxy) is 1. The van der Waals surface area contributed by atoms with E-state index in [0.29, 0.717) is 24.4 Å². The minimum absolute atomic E-state index is 0.0389. The molecule has 1 aromatic rings. The summed E-state index contributed by atoms with van der Waals surface area (Å²) in [6.45, 7) is 0.693. The van der Waals surface area contributed by atoms with E-state index in [1.165, 1.54) is 0 Å². The monoisotopic (exact) mass is 312 g/mol. The molecular formula is C14H20N2O4S. The van der Waals surface area contributed by atoms with E-state index in [-0.39, 0.29) is 36.4 Å². The zero-order valence-electron chi connectivity index (χ0n) is 11.7. The number of hydrogen-bond acceptors (Lipinski definition) is 5. The predicted molar refractivity (Wildman–Crippen MR) is 80.7 cm³/mol. The lowest BCUT2D eigenvalue weighted by Gasteiger charge is -2.10. The fraction of sp³-hybridized carbons (Fsp3) is 0.500. The summed E-state index contributed by atoms with van der Waals surface area (Å²) < 4.78 is 28.0. The molecule has 1 aliphatic rings. The minimum Gasteiger partial charge on any atom is -0.493 e. The van der Waals surface area contributed by atoms with Crippen LogP contribution in [0, 0.1) is 5.92 Å². The summed E-state index contributed by atoms with van der Waals surface area (Å²) in [5.41, 5.74) is 6.22. The van der Waals surface area contributed by atoms with Gasteiger partial charge < -0.3 is 15.8 Å². The first kappa shape index (κ1) is 15.6. The Hall–Kier alpha value is -1.76. The van der Waals surface area contributed by atoms with E-state index < -0.39 is 9.84 Å². The van der Waals surface area contributed by atoms with E-state index in [9.17, 15) is 13.2 Å². The van der Waals surface area contributed by atoms with Crippen LogP contribution in [0.3, 0.4) is 0 Å². The molecule has 1 saturated heterocycles. The maximum Gasteiger partial charge on any atom is 0.223 e. The van der Waals surface area contributed by atoms with E-state index >= 15 is 0 Å². The summed E-state index contributed by atoms with van der Waals surface area (Å²) in [7, 11) is -2.89. The van der Waals surface area contributed by atoms with E-state index in [1.54, 1.807) is 24.3 Å². The largest absolute Gasteiger partial charge is 0.493 e. The van der Waals surface area contributed by atoms with Crippen LogP contribution in [0.2, 0.25) is 0 Å². The number of hydrogen-bond donors (Lipinski definition) is 2. The van der Waals surface area contributed by atoms with Gasteiger partial charge in [-0.3, -0.25) is 4.79 Å². The van der Waals surface area contributed by atoms with Crippen LogP contribution in [0.5, 0.6) is 5.75 Å². The van der Waals surface area contributed by atoms with Gasteiger partial charge in [0, 0.05) is 12.2 Å². The molecule has 116 valence electrons. The van der Waals surface area contributed by atoms with Crippen molar-refractivity contribution < 1.29 is 17.9 Å². The maximum atomic E-state index is 11.6. The Morgan fingerprint density at radius 2 is 2.05 bits per heavy atom. The topological polar surface area (TPSA) is 98.5 Å². The number of nitrogens with one attached hydrogen (secondary N) is 1. The molecule has 0 aliphatic carbocycles. The molecule has 6 nitrogen and oxygen atoms in total. The fourth-order valence-electron chi connectivity index (χ4n) is 2.21. The molecule has 21 heavy (non-hydrogen) atoms. The highest BCUT2D eigenvalue weighted by atomic mass is 32.2. The second-order valence-electron chi connectivity index (χ2n) is 5.24. The number of rotatable bonds is 6. The van der Waals surface area contributed by atoms with Gasteiger partial charge in [0.25, 0.3) is 0 Å². The number of anilines is 1. The highest BCUT2D eigenvalue weighted by molar-refractivity contribution is 7.91. The van der Waals surface area contributed by atoms with Gasteiger partial charge in [0.15, 0.2) is 9.84 Å². The number of amides is 1. The maximum absolute atomic E-state index is 11.6. The van der Waals surface area contributed by atoms with Crippen molar-refractivity contribution in [2.24, 2.45) is 5.92 Å². The van der Waals surface area contributed by atoms with Crippen LogP contribution in [0.15, 0.2) is 24.3 Å². The van der Waals surface area contributed by atoms with Gasteiger partial charge in [-0.25, -0.2) is 8.42 Å². The first-order valence-corrected chi connectivity index (χ1v) is 8.72. The molecule has 1 fully saturated rings. The zero-order valence-corrected chi connectivity index (χ0v) is 12.6. The molecule has 3 N–H and O–H groups in total. The molecule has 7 heteroatoms. The molecule has 0 saturated carbocycles. The van der Waals surface area contributed by atoms with Crippen LogP contribution >= 0.6 is 0 Å². The van der Waals surface area contributed by atoms with Crippen LogP contribution in [0.4, 0.5) is 5.69 Å². The van der Waals surface area contributed by atoms with Crippen LogP contribution in [0.25, 0.3) is 0 Å². The molecule has 1 aliphatic heterocycles. The van der Waals surface area contributed by atoms with Crippen molar-refractivity contribution >= 4 is 21.4 Å². The van der Waals surface area contributed by atoms with Gasteiger partial charge in [0.05, 0.1) is 24.5 Å². The van der Waals surface area contributed by atoms with Crippen molar-refractivity contribution in [1.29, 1.82) is 0 Å². The molecule has 1 amide bonds. The van der Waals surface area contributed by atoms with Gasteiger partial charge in [-0.2, -0.15) is 0 Å². The Balaban J connectivity index is 1.63. The standard InChI is InChI=1S/C14H20N2O4S/c15-12-1-3-13(4-2-12)20-7-5-14(17)16-9-11-6-8-21(18,19)10-11/h1-4,11H,5-10,15H2,(H,16,17). The zero-order chi connectivity index (χ0) is 15.3. The lowest BCUT2D eigenvalue weighted by atomic mass is 10.1.